The van der Waals surface area contributed by atoms with Gasteiger partial charge in [0.25, 0.3) is 0 Å². The third kappa shape index (κ3) is 2.75. The van der Waals surface area contributed by atoms with E-state index in [1.807, 2.05) is 6.92 Å². The van der Waals surface area contributed by atoms with E-state index in [0.29, 0.717) is 40.6 Å². The predicted octanol–water partition coefficient (Wildman–Crippen LogP) is 3.53. The molecule has 2 aliphatic rings. The summed E-state index contributed by atoms with van der Waals surface area (Å²) in [6.45, 7) is 1.96. The first-order valence-corrected chi connectivity index (χ1v) is 8.73. The van der Waals surface area contributed by atoms with Crippen LogP contribution in [0.15, 0.2) is 12.1 Å². The van der Waals surface area contributed by atoms with Gasteiger partial charge in [0.1, 0.15) is 0 Å². The summed E-state index contributed by atoms with van der Waals surface area (Å²) in [6.07, 6.45) is 4.95. The highest BCUT2D eigenvalue weighted by atomic mass is 16.7. The van der Waals surface area contributed by atoms with Crippen molar-refractivity contribution >= 4 is 22.8 Å². The van der Waals surface area contributed by atoms with E-state index in [1.54, 1.807) is 16.7 Å². The Bertz CT molecular complexity index is 861. The Morgan fingerprint density at radius 3 is 2.56 bits per heavy atom. The maximum Gasteiger partial charge on any atom is 0.307 e. The number of aromatic nitrogens is 1. The summed E-state index contributed by atoms with van der Waals surface area (Å²) in [5.41, 5.74) is 2.07. The van der Waals surface area contributed by atoms with Crippen LogP contribution in [0.25, 0.3) is 10.9 Å². The molecule has 1 fully saturated rings. The third-order valence-electron chi connectivity index (χ3n) is 5.34. The van der Waals surface area contributed by atoms with Gasteiger partial charge in [-0.1, -0.05) is 12.8 Å². The highest BCUT2D eigenvalue weighted by Gasteiger charge is 2.26. The van der Waals surface area contributed by atoms with Crippen molar-refractivity contribution in [3.05, 3.63) is 23.4 Å². The fourth-order valence-electron chi connectivity index (χ4n) is 4.12. The summed E-state index contributed by atoms with van der Waals surface area (Å²) in [4.78, 5) is 24.3. The van der Waals surface area contributed by atoms with Crippen LogP contribution < -0.4 is 9.47 Å². The molecule has 0 amide bonds. The van der Waals surface area contributed by atoms with Gasteiger partial charge in [0.2, 0.25) is 12.7 Å². The molecule has 25 heavy (non-hydrogen) atoms. The van der Waals surface area contributed by atoms with Crippen molar-refractivity contribution in [1.82, 2.24) is 4.57 Å². The van der Waals surface area contributed by atoms with E-state index in [1.165, 1.54) is 12.8 Å². The van der Waals surface area contributed by atoms with E-state index in [0.717, 1.165) is 18.2 Å². The standard InChI is InChI=1S/C19H21NO5/c1-11-13(8-19(22)23)14-7-16-17(25-10-24-16)9-15(14)20(11)18(21)6-12-4-2-3-5-12/h7,9,12H,2-6,8,10H2,1H3,(H,22,23). The first-order chi connectivity index (χ1) is 12.0. The Labute approximate surface area is 145 Å². The molecule has 0 unspecified atom stereocenters. The Morgan fingerprint density at radius 1 is 1.20 bits per heavy atom. The molecule has 1 aromatic carbocycles. The lowest BCUT2D eigenvalue weighted by molar-refractivity contribution is -0.136. The number of fused-ring (bicyclic) bond motifs is 2. The van der Waals surface area contributed by atoms with Crippen molar-refractivity contribution in [1.29, 1.82) is 0 Å². The number of rotatable bonds is 4. The summed E-state index contributed by atoms with van der Waals surface area (Å²) in [5.74, 6) is 0.746. The summed E-state index contributed by atoms with van der Waals surface area (Å²) in [5, 5.41) is 10.0. The summed E-state index contributed by atoms with van der Waals surface area (Å²) in [7, 11) is 0. The zero-order valence-electron chi connectivity index (χ0n) is 14.2. The Hall–Kier alpha value is -2.50. The van der Waals surface area contributed by atoms with Gasteiger partial charge in [-0.15, -0.1) is 0 Å². The molecule has 0 saturated heterocycles. The SMILES string of the molecule is Cc1c(CC(=O)O)c2cc3c(cc2n1C(=O)CC1CCCC1)OCO3. The van der Waals surface area contributed by atoms with Gasteiger partial charge in [-0.3, -0.25) is 14.2 Å². The molecule has 6 heteroatoms. The first kappa shape index (κ1) is 16.0. The minimum atomic E-state index is -0.914. The lowest BCUT2D eigenvalue weighted by Crippen LogP contribution is -2.16. The molecule has 1 aromatic heterocycles. The zero-order valence-corrected chi connectivity index (χ0v) is 14.2. The maximum absolute atomic E-state index is 13.0. The van der Waals surface area contributed by atoms with Gasteiger partial charge in [0.05, 0.1) is 11.9 Å². The van der Waals surface area contributed by atoms with Crippen LogP contribution in [0.1, 0.15) is 48.2 Å². The molecular formula is C19H21NO5. The van der Waals surface area contributed by atoms with Crippen molar-refractivity contribution in [2.45, 2.75) is 45.4 Å². The number of carboxylic acid groups (broad SMARTS) is 1. The highest BCUT2D eigenvalue weighted by molar-refractivity contribution is 5.99. The van der Waals surface area contributed by atoms with E-state index < -0.39 is 5.97 Å². The van der Waals surface area contributed by atoms with Gasteiger partial charge < -0.3 is 14.6 Å². The normalized spacial score (nSPS) is 16.7. The lowest BCUT2D eigenvalue weighted by Gasteiger charge is -2.11. The molecule has 0 atom stereocenters. The quantitative estimate of drug-likeness (QED) is 0.919. The van der Waals surface area contributed by atoms with Crippen LogP contribution in [0.2, 0.25) is 0 Å². The second kappa shape index (κ2) is 6.10. The second-order valence-electron chi connectivity index (χ2n) is 6.94. The molecule has 1 saturated carbocycles. The van der Waals surface area contributed by atoms with Crippen LogP contribution in [0.5, 0.6) is 11.5 Å². The fourth-order valence-corrected chi connectivity index (χ4v) is 4.12. The Kier molecular flexibility index (Phi) is 3.90. The van der Waals surface area contributed by atoms with Gasteiger partial charge in [-0.2, -0.15) is 0 Å². The van der Waals surface area contributed by atoms with Crippen molar-refractivity contribution in [2.75, 3.05) is 6.79 Å². The summed E-state index contributed by atoms with van der Waals surface area (Å²) >= 11 is 0. The van der Waals surface area contributed by atoms with Gasteiger partial charge in [-0.25, -0.2) is 0 Å². The minimum Gasteiger partial charge on any atom is -0.481 e. The number of aliphatic carboxylic acids is 1. The van der Waals surface area contributed by atoms with E-state index >= 15 is 0 Å². The van der Waals surface area contributed by atoms with Crippen molar-refractivity contribution < 1.29 is 24.2 Å². The van der Waals surface area contributed by atoms with Gasteiger partial charge in [-0.05, 0) is 37.3 Å². The smallest absolute Gasteiger partial charge is 0.307 e. The van der Waals surface area contributed by atoms with Crippen molar-refractivity contribution in [3.63, 3.8) is 0 Å². The first-order valence-electron chi connectivity index (χ1n) is 8.73. The number of carbonyl (C=O) groups excluding carboxylic acids is 1. The molecule has 1 aliphatic carbocycles. The van der Waals surface area contributed by atoms with Crippen LogP contribution in [0.4, 0.5) is 0 Å². The highest BCUT2D eigenvalue weighted by Crippen LogP contribution is 2.40. The molecule has 0 bridgehead atoms. The maximum atomic E-state index is 13.0. The molecule has 6 nitrogen and oxygen atoms in total. The minimum absolute atomic E-state index is 0.0323. The Balaban J connectivity index is 1.82. The average molecular weight is 343 g/mol. The zero-order chi connectivity index (χ0) is 17.6. The number of carbonyl (C=O) groups is 2. The van der Waals surface area contributed by atoms with Gasteiger partial charge >= 0.3 is 5.97 Å². The van der Waals surface area contributed by atoms with Gasteiger partial charge in [0, 0.05) is 23.6 Å². The molecule has 1 aliphatic heterocycles. The lowest BCUT2D eigenvalue weighted by atomic mass is 10.0. The van der Waals surface area contributed by atoms with Crippen molar-refractivity contribution in [3.8, 4) is 11.5 Å². The van der Waals surface area contributed by atoms with E-state index in [2.05, 4.69) is 0 Å². The number of ether oxygens (including phenoxy) is 2. The van der Waals surface area contributed by atoms with E-state index in [-0.39, 0.29) is 19.1 Å². The number of hydrogen-bond donors (Lipinski definition) is 1. The average Bonchev–Trinajstić information content (AvgIpc) is 3.26. The second-order valence-corrected chi connectivity index (χ2v) is 6.94. The molecule has 0 radical (unpaired) electrons. The van der Waals surface area contributed by atoms with Crippen LogP contribution in [-0.4, -0.2) is 28.3 Å². The van der Waals surface area contributed by atoms with Crippen LogP contribution >= 0.6 is 0 Å². The van der Waals surface area contributed by atoms with Crippen molar-refractivity contribution in [2.24, 2.45) is 5.92 Å². The van der Waals surface area contributed by atoms with Gasteiger partial charge in [0.15, 0.2) is 11.5 Å². The van der Waals surface area contributed by atoms with E-state index in [4.69, 9.17) is 9.47 Å². The van der Waals surface area contributed by atoms with Crippen LogP contribution in [-0.2, 0) is 11.2 Å². The number of carboxylic acids is 1. The number of benzene rings is 1. The molecular weight excluding hydrogens is 322 g/mol. The molecule has 4 rings (SSSR count). The van der Waals surface area contributed by atoms with Crippen LogP contribution in [0, 0.1) is 12.8 Å². The third-order valence-corrected chi connectivity index (χ3v) is 5.34. The van der Waals surface area contributed by atoms with E-state index in [9.17, 15) is 14.7 Å². The summed E-state index contributed by atoms with van der Waals surface area (Å²) in [6, 6.07) is 3.59. The molecule has 132 valence electrons. The Morgan fingerprint density at radius 2 is 1.88 bits per heavy atom. The largest absolute Gasteiger partial charge is 0.481 e. The number of hydrogen-bond acceptors (Lipinski definition) is 4. The molecule has 1 N–H and O–H groups in total. The topological polar surface area (TPSA) is 77.8 Å². The summed E-state index contributed by atoms with van der Waals surface area (Å²) < 4.78 is 12.5. The monoisotopic (exact) mass is 343 g/mol. The van der Waals surface area contributed by atoms with Crippen LogP contribution in [0.3, 0.4) is 0 Å². The number of nitrogens with zero attached hydrogens (tertiary/aromatic N) is 1. The molecule has 2 aromatic rings. The molecule has 0 spiro atoms. The fraction of sp³-hybridized carbons (Fsp3) is 0.474. The predicted molar refractivity (Wildman–Crippen MR) is 91.3 cm³/mol. The molecule has 2 heterocycles.